The minimum absolute atomic E-state index is 0.0331. The van der Waals surface area contributed by atoms with Gasteiger partial charge in [0.2, 0.25) is 0 Å². The molecule has 0 bridgehead atoms. The summed E-state index contributed by atoms with van der Waals surface area (Å²) in [4.78, 5) is 15.2. The predicted molar refractivity (Wildman–Crippen MR) is 67.0 cm³/mol. The molecule has 1 aromatic carbocycles. The van der Waals surface area contributed by atoms with Gasteiger partial charge >= 0.3 is 12.1 Å². The monoisotopic (exact) mass is 289 g/mol. The lowest BCUT2D eigenvalue weighted by atomic mass is 10.2. The van der Waals surface area contributed by atoms with Gasteiger partial charge in [0.05, 0.1) is 37.1 Å². The van der Waals surface area contributed by atoms with E-state index in [1.807, 2.05) is 0 Å². The lowest BCUT2D eigenvalue weighted by Gasteiger charge is -2.08. The molecule has 0 heterocycles. The highest BCUT2D eigenvalue weighted by Gasteiger charge is 2.30. The molecule has 0 atom stereocenters. The topological polar surface area (TPSA) is 47.9 Å². The molecule has 4 nitrogen and oxygen atoms in total. The van der Waals surface area contributed by atoms with Crippen molar-refractivity contribution in [3.63, 3.8) is 0 Å². The quantitative estimate of drug-likeness (QED) is 0.618. The van der Waals surface area contributed by atoms with Crippen molar-refractivity contribution in [2.45, 2.75) is 12.6 Å². The minimum Gasteiger partial charge on any atom is -0.469 e. The molecule has 1 aromatic rings. The second kappa shape index (κ2) is 7.04. The number of esters is 1. The van der Waals surface area contributed by atoms with E-state index in [2.05, 4.69) is 9.73 Å². The Morgan fingerprint density at radius 1 is 1.30 bits per heavy atom. The number of benzene rings is 1. The molecule has 0 fully saturated rings. The largest absolute Gasteiger partial charge is 0.469 e. The van der Waals surface area contributed by atoms with Gasteiger partial charge in [-0.3, -0.25) is 9.79 Å². The van der Waals surface area contributed by atoms with Crippen molar-refractivity contribution < 1.29 is 27.4 Å². The van der Waals surface area contributed by atoms with Crippen molar-refractivity contribution >= 4 is 17.4 Å². The molecule has 7 heteroatoms. The molecule has 0 unspecified atom stereocenters. The maximum absolute atomic E-state index is 12.6. The van der Waals surface area contributed by atoms with Gasteiger partial charge in [-0.25, -0.2) is 0 Å². The molecule has 0 amide bonds. The second-order valence-electron chi connectivity index (χ2n) is 3.91. The van der Waals surface area contributed by atoms with Crippen LogP contribution in [0.2, 0.25) is 0 Å². The number of aliphatic imine (C=N–C) groups is 1. The number of alkyl halides is 3. The van der Waals surface area contributed by atoms with Gasteiger partial charge in [-0.15, -0.1) is 0 Å². The lowest BCUT2D eigenvalue weighted by molar-refractivity contribution is -0.139. The zero-order chi connectivity index (χ0) is 15.2. The third-order valence-corrected chi connectivity index (χ3v) is 2.35. The van der Waals surface area contributed by atoms with Gasteiger partial charge in [0, 0.05) is 7.11 Å². The van der Waals surface area contributed by atoms with Crippen molar-refractivity contribution in [1.29, 1.82) is 0 Å². The van der Waals surface area contributed by atoms with E-state index in [0.717, 1.165) is 12.1 Å². The Kier molecular flexibility index (Phi) is 5.69. The molecule has 20 heavy (non-hydrogen) atoms. The number of methoxy groups -OCH3 is 2. The maximum Gasteiger partial charge on any atom is 0.416 e. The third kappa shape index (κ3) is 5.00. The summed E-state index contributed by atoms with van der Waals surface area (Å²) in [6.07, 6.45) is -4.57. The number of carbonyl (C=O) groups is 1. The third-order valence-electron chi connectivity index (χ3n) is 2.35. The van der Waals surface area contributed by atoms with Crippen LogP contribution in [0.1, 0.15) is 12.0 Å². The zero-order valence-corrected chi connectivity index (χ0v) is 11.0. The molecule has 0 spiro atoms. The van der Waals surface area contributed by atoms with Crippen LogP contribution >= 0.6 is 0 Å². The molecule has 110 valence electrons. The molecule has 0 N–H and O–H groups in total. The molecule has 0 radical (unpaired) electrons. The van der Waals surface area contributed by atoms with Gasteiger partial charge in [-0.2, -0.15) is 13.2 Å². The first-order valence-electron chi connectivity index (χ1n) is 5.66. The first kappa shape index (κ1) is 16.2. The molecular formula is C13H14F3NO3. The van der Waals surface area contributed by atoms with Gasteiger partial charge in [-0.05, 0) is 18.2 Å². The Balaban J connectivity index is 3.01. The average Bonchev–Trinajstić information content (AvgIpc) is 2.38. The first-order valence-corrected chi connectivity index (χ1v) is 5.66. The van der Waals surface area contributed by atoms with Crippen LogP contribution in [0.25, 0.3) is 0 Å². The molecule has 0 aliphatic heterocycles. The van der Waals surface area contributed by atoms with Crippen LogP contribution in [0.3, 0.4) is 0 Å². The molecular weight excluding hydrogens is 275 g/mol. The summed E-state index contributed by atoms with van der Waals surface area (Å²) in [7, 11) is 2.62. The number of nitrogens with zero attached hydrogens (tertiary/aromatic N) is 1. The van der Waals surface area contributed by atoms with Gasteiger partial charge < -0.3 is 9.47 Å². The SMILES string of the molecule is COCC(CC(=O)OC)=Nc1cccc(C(F)(F)F)c1. The summed E-state index contributed by atoms with van der Waals surface area (Å²) in [5, 5.41) is 0. The highest BCUT2D eigenvalue weighted by atomic mass is 19.4. The summed E-state index contributed by atoms with van der Waals surface area (Å²) in [6, 6.07) is 4.54. The van der Waals surface area contributed by atoms with Crippen LogP contribution in [0.15, 0.2) is 29.3 Å². The van der Waals surface area contributed by atoms with Gasteiger partial charge in [0.25, 0.3) is 0 Å². The van der Waals surface area contributed by atoms with Gasteiger partial charge in [0.15, 0.2) is 0 Å². The summed E-state index contributed by atoms with van der Waals surface area (Å²) < 4.78 is 47.1. The van der Waals surface area contributed by atoms with E-state index in [0.29, 0.717) is 5.71 Å². The smallest absolute Gasteiger partial charge is 0.416 e. The number of rotatable bonds is 5. The standard InChI is InChI=1S/C13H14F3NO3/c1-19-8-11(7-12(18)20-2)17-10-5-3-4-9(6-10)13(14,15)16/h3-6H,7-8H2,1-2H3. The highest BCUT2D eigenvalue weighted by Crippen LogP contribution is 2.31. The van der Waals surface area contributed by atoms with Crippen molar-refractivity contribution in [3.8, 4) is 0 Å². The predicted octanol–water partition coefficient (Wildman–Crippen LogP) is 2.99. The van der Waals surface area contributed by atoms with E-state index in [-0.39, 0.29) is 18.7 Å². The minimum atomic E-state index is -4.44. The lowest BCUT2D eigenvalue weighted by Crippen LogP contribution is -2.14. The Bertz CT molecular complexity index is 498. The van der Waals surface area contributed by atoms with Crippen molar-refractivity contribution in [3.05, 3.63) is 29.8 Å². The number of hydrogen-bond acceptors (Lipinski definition) is 4. The van der Waals surface area contributed by atoms with E-state index in [1.54, 1.807) is 0 Å². The van der Waals surface area contributed by atoms with Gasteiger partial charge in [0.1, 0.15) is 0 Å². The van der Waals surface area contributed by atoms with E-state index in [9.17, 15) is 18.0 Å². The van der Waals surface area contributed by atoms with Crippen LogP contribution < -0.4 is 0 Å². The Hall–Kier alpha value is -1.89. The fourth-order valence-electron chi connectivity index (χ4n) is 1.46. The van der Waals surface area contributed by atoms with Crippen molar-refractivity contribution in [1.82, 2.24) is 0 Å². The molecule has 1 rings (SSSR count). The Labute approximate surface area is 114 Å². The maximum atomic E-state index is 12.6. The Morgan fingerprint density at radius 3 is 2.55 bits per heavy atom. The normalized spacial score (nSPS) is 12.3. The van der Waals surface area contributed by atoms with Crippen LogP contribution in [0.4, 0.5) is 18.9 Å². The number of carbonyl (C=O) groups excluding carboxylic acids is 1. The molecule has 0 aliphatic rings. The van der Waals surface area contributed by atoms with Crippen LogP contribution in [-0.2, 0) is 20.4 Å². The fraction of sp³-hybridized carbons (Fsp3) is 0.385. The first-order chi connectivity index (χ1) is 9.36. The zero-order valence-electron chi connectivity index (χ0n) is 11.0. The van der Waals surface area contributed by atoms with Crippen molar-refractivity contribution in [2.75, 3.05) is 20.8 Å². The molecule has 0 saturated carbocycles. The fourth-order valence-corrected chi connectivity index (χ4v) is 1.46. The van der Waals surface area contributed by atoms with E-state index < -0.39 is 17.7 Å². The molecule has 0 saturated heterocycles. The van der Waals surface area contributed by atoms with Gasteiger partial charge in [-0.1, -0.05) is 6.07 Å². The number of ether oxygens (including phenoxy) is 2. The molecule has 0 aromatic heterocycles. The summed E-state index contributed by atoms with van der Waals surface area (Å²) in [5.74, 6) is -0.534. The van der Waals surface area contributed by atoms with E-state index >= 15 is 0 Å². The number of halogens is 3. The van der Waals surface area contributed by atoms with Crippen LogP contribution in [-0.4, -0.2) is 32.5 Å². The van der Waals surface area contributed by atoms with Crippen LogP contribution in [0.5, 0.6) is 0 Å². The summed E-state index contributed by atoms with van der Waals surface area (Å²) in [6.45, 7) is 0.0331. The van der Waals surface area contributed by atoms with Crippen LogP contribution in [0, 0.1) is 0 Å². The summed E-state index contributed by atoms with van der Waals surface area (Å²) >= 11 is 0. The second-order valence-corrected chi connectivity index (χ2v) is 3.91. The summed E-state index contributed by atoms with van der Waals surface area (Å²) in [5.41, 5.74) is -0.400. The van der Waals surface area contributed by atoms with E-state index in [4.69, 9.17) is 4.74 Å². The molecule has 0 aliphatic carbocycles. The average molecular weight is 289 g/mol. The van der Waals surface area contributed by atoms with Crippen molar-refractivity contribution in [2.24, 2.45) is 4.99 Å². The highest BCUT2D eigenvalue weighted by molar-refractivity contribution is 6.00. The Morgan fingerprint density at radius 2 is 2.00 bits per heavy atom. The van der Waals surface area contributed by atoms with E-state index in [1.165, 1.54) is 26.4 Å². The number of hydrogen-bond donors (Lipinski definition) is 0.